The average Bonchev–Trinajstić information content (AvgIpc) is 2.58. The van der Waals surface area contributed by atoms with Crippen LogP contribution in [0.2, 0.25) is 0 Å². The van der Waals surface area contributed by atoms with Gasteiger partial charge in [0.05, 0.1) is 0 Å². The van der Waals surface area contributed by atoms with Gasteiger partial charge in [-0.05, 0) is 56.4 Å². The van der Waals surface area contributed by atoms with Gasteiger partial charge in [-0.3, -0.25) is 0 Å². The van der Waals surface area contributed by atoms with Gasteiger partial charge in [-0.1, -0.05) is 40.0 Å². The first-order valence-corrected chi connectivity index (χ1v) is 8.38. The number of aliphatic hydroxyl groups excluding tert-OH is 1. The van der Waals surface area contributed by atoms with Crippen LogP contribution in [-0.2, 0) is 0 Å². The van der Waals surface area contributed by atoms with Gasteiger partial charge in [-0.25, -0.2) is 0 Å². The molecule has 2 nitrogen and oxygen atoms in total. The maximum absolute atomic E-state index is 8.73. The molecule has 0 aromatic carbocycles. The van der Waals surface area contributed by atoms with E-state index in [-0.39, 0.29) is 0 Å². The lowest BCUT2D eigenvalue weighted by Crippen LogP contribution is -2.29. The molecule has 0 saturated heterocycles. The minimum absolute atomic E-state index is 0.351. The van der Waals surface area contributed by atoms with Crippen LogP contribution in [0.15, 0.2) is 0 Å². The predicted molar refractivity (Wildman–Crippen MR) is 83.4 cm³/mol. The maximum Gasteiger partial charge on any atom is 0.0431 e. The summed E-state index contributed by atoms with van der Waals surface area (Å²) >= 11 is 0. The summed E-state index contributed by atoms with van der Waals surface area (Å²) in [6.07, 6.45) is 11.6. The molecule has 1 aliphatic rings. The van der Waals surface area contributed by atoms with Crippen molar-refractivity contribution < 1.29 is 5.11 Å². The van der Waals surface area contributed by atoms with Crippen LogP contribution in [0.25, 0.3) is 0 Å². The van der Waals surface area contributed by atoms with E-state index in [1.807, 2.05) is 0 Å². The van der Waals surface area contributed by atoms with E-state index in [0.29, 0.717) is 12.0 Å². The van der Waals surface area contributed by atoms with E-state index in [1.54, 1.807) is 0 Å². The van der Waals surface area contributed by atoms with E-state index in [2.05, 4.69) is 26.1 Å². The lowest BCUT2D eigenvalue weighted by atomic mass is 9.76. The quantitative estimate of drug-likeness (QED) is 0.538. The molecular formula is C17H35NO. The van der Waals surface area contributed by atoms with Gasteiger partial charge in [0.25, 0.3) is 0 Å². The van der Waals surface area contributed by atoms with E-state index in [1.165, 1.54) is 51.4 Å². The molecule has 0 aromatic rings. The molecule has 0 bridgehead atoms. The lowest BCUT2D eigenvalue weighted by molar-refractivity contribution is 0.213. The van der Waals surface area contributed by atoms with Crippen LogP contribution < -0.4 is 5.32 Å². The van der Waals surface area contributed by atoms with Crippen LogP contribution in [0, 0.1) is 11.3 Å². The van der Waals surface area contributed by atoms with Crippen molar-refractivity contribution in [2.24, 2.45) is 11.3 Å². The molecule has 1 saturated carbocycles. The van der Waals surface area contributed by atoms with Gasteiger partial charge in [-0.2, -0.15) is 0 Å². The molecule has 0 spiro atoms. The Bertz CT molecular complexity index is 222. The largest absolute Gasteiger partial charge is 0.396 e. The van der Waals surface area contributed by atoms with Crippen molar-refractivity contribution in [3.05, 3.63) is 0 Å². The second kappa shape index (κ2) is 8.97. The van der Waals surface area contributed by atoms with Crippen LogP contribution in [0.5, 0.6) is 0 Å². The first-order chi connectivity index (χ1) is 9.04. The highest BCUT2D eigenvalue weighted by Gasteiger charge is 2.27. The number of nitrogens with one attached hydrogen (secondary N) is 1. The molecule has 2 unspecified atom stereocenters. The number of aliphatic hydroxyl groups is 1. The van der Waals surface area contributed by atoms with Crippen molar-refractivity contribution in [1.82, 2.24) is 5.32 Å². The van der Waals surface area contributed by atoms with E-state index in [4.69, 9.17) is 5.11 Å². The van der Waals surface area contributed by atoms with Crippen molar-refractivity contribution in [2.45, 2.75) is 84.6 Å². The molecule has 1 aliphatic carbocycles. The molecule has 0 heterocycles. The van der Waals surface area contributed by atoms with Gasteiger partial charge in [0.1, 0.15) is 0 Å². The summed E-state index contributed by atoms with van der Waals surface area (Å²) < 4.78 is 0. The second-order valence-electron chi connectivity index (χ2n) is 7.36. The first kappa shape index (κ1) is 17.0. The number of unbranched alkanes of at least 4 members (excludes halogenated alkanes) is 3. The van der Waals surface area contributed by atoms with E-state index in [0.717, 1.165) is 24.9 Å². The molecule has 0 aliphatic heterocycles. The summed E-state index contributed by atoms with van der Waals surface area (Å²) in [6.45, 7) is 8.70. The molecule has 0 aromatic heterocycles. The standard InChI is InChI=1S/C17H35NO/c1-17(2,3)15-9-8-10-16(12-11-15)18-13-6-4-5-7-14-19/h15-16,18-19H,4-14H2,1-3H3. The van der Waals surface area contributed by atoms with Crippen molar-refractivity contribution in [3.8, 4) is 0 Å². The van der Waals surface area contributed by atoms with Crippen LogP contribution in [0.3, 0.4) is 0 Å². The molecule has 2 N–H and O–H groups in total. The summed E-state index contributed by atoms with van der Waals surface area (Å²) in [7, 11) is 0. The van der Waals surface area contributed by atoms with E-state index in [9.17, 15) is 0 Å². The normalized spacial score (nSPS) is 25.3. The second-order valence-corrected chi connectivity index (χ2v) is 7.36. The molecule has 2 atom stereocenters. The Kier molecular flexibility index (Phi) is 8.01. The molecular weight excluding hydrogens is 234 g/mol. The Morgan fingerprint density at radius 2 is 1.68 bits per heavy atom. The third-order valence-corrected chi connectivity index (χ3v) is 4.71. The molecule has 0 radical (unpaired) electrons. The Labute approximate surface area is 120 Å². The fraction of sp³-hybridized carbons (Fsp3) is 1.00. The predicted octanol–water partition coefficient (Wildman–Crippen LogP) is 4.12. The van der Waals surface area contributed by atoms with Gasteiger partial charge in [0.2, 0.25) is 0 Å². The van der Waals surface area contributed by atoms with Crippen molar-refractivity contribution in [3.63, 3.8) is 0 Å². The third kappa shape index (κ3) is 7.31. The van der Waals surface area contributed by atoms with E-state index >= 15 is 0 Å². The van der Waals surface area contributed by atoms with E-state index < -0.39 is 0 Å². The van der Waals surface area contributed by atoms with Crippen molar-refractivity contribution in [1.29, 1.82) is 0 Å². The average molecular weight is 269 g/mol. The van der Waals surface area contributed by atoms with Crippen LogP contribution in [-0.4, -0.2) is 24.3 Å². The minimum Gasteiger partial charge on any atom is -0.396 e. The molecule has 1 rings (SSSR count). The monoisotopic (exact) mass is 269 g/mol. The van der Waals surface area contributed by atoms with Crippen molar-refractivity contribution in [2.75, 3.05) is 13.2 Å². The van der Waals surface area contributed by atoms with Gasteiger partial charge in [-0.15, -0.1) is 0 Å². The summed E-state index contributed by atoms with van der Waals surface area (Å²) in [5, 5.41) is 12.5. The van der Waals surface area contributed by atoms with Crippen LogP contribution >= 0.6 is 0 Å². The fourth-order valence-electron chi connectivity index (χ4n) is 3.27. The summed E-state index contributed by atoms with van der Waals surface area (Å²) in [5.41, 5.74) is 0.485. The Balaban J connectivity index is 2.12. The zero-order valence-corrected chi connectivity index (χ0v) is 13.4. The summed E-state index contributed by atoms with van der Waals surface area (Å²) in [5.74, 6) is 0.906. The van der Waals surface area contributed by atoms with Gasteiger partial charge in [0, 0.05) is 12.6 Å². The van der Waals surface area contributed by atoms with Crippen LogP contribution in [0.4, 0.5) is 0 Å². The minimum atomic E-state index is 0.351. The third-order valence-electron chi connectivity index (χ3n) is 4.71. The summed E-state index contributed by atoms with van der Waals surface area (Å²) in [4.78, 5) is 0. The molecule has 0 amide bonds. The summed E-state index contributed by atoms with van der Waals surface area (Å²) in [6, 6.07) is 0.755. The Morgan fingerprint density at radius 3 is 2.37 bits per heavy atom. The number of hydrogen-bond donors (Lipinski definition) is 2. The lowest BCUT2D eigenvalue weighted by Gasteiger charge is -2.29. The highest BCUT2D eigenvalue weighted by Crippen LogP contribution is 2.36. The van der Waals surface area contributed by atoms with Crippen molar-refractivity contribution >= 4 is 0 Å². The smallest absolute Gasteiger partial charge is 0.0431 e. The number of hydrogen-bond acceptors (Lipinski definition) is 2. The van der Waals surface area contributed by atoms with Gasteiger partial charge >= 0.3 is 0 Å². The fourth-order valence-corrected chi connectivity index (χ4v) is 3.27. The molecule has 1 fully saturated rings. The molecule has 114 valence electrons. The van der Waals surface area contributed by atoms with Gasteiger partial charge in [0.15, 0.2) is 0 Å². The Hall–Kier alpha value is -0.0800. The maximum atomic E-state index is 8.73. The topological polar surface area (TPSA) is 32.3 Å². The molecule has 2 heteroatoms. The molecule has 19 heavy (non-hydrogen) atoms. The zero-order valence-electron chi connectivity index (χ0n) is 13.4. The SMILES string of the molecule is CC(C)(C)C1CCCC(NCCCCCCO)CC1. The zero-order chi connectivity index (χ0) is 14.1. The van der Waals surface area contributed by atoms with Crippen LogP contribution in [0.1, 0.15) is 78.6 Å². The highest BCUT2D eigenvalue weighted by atomic mass is 16.2. The first-order valence-electron chi connectivity index (χ1n) is 8.38. The highest BCUT2D eigenvalue weighted by molar-refractivity contribution is 4.81. The number of rotatable bonds is 7. The Morgan fingerprint density at radius 1 is 0.947 bits per heavy atom. The van der Waals surface area contributed by atoms with Gasteiger partial charge < -0.3 is 10.4 Å².